The number of benzene rings is 1. The summed E-state index contributed by atoms with van der Waals surface area (Å²) >= 11 is 0. The van der Waals surface area contributed by atoms with Gasteiger partial charge in [-0.15, -0.1) is 0 Å². The van der Waals surface area contributed by atoms with E-state index in [2.05, 4.69) is 10.3 Å². The molecule has 0 unspecified atom stereocenters. The van der Waals surface area contributed by atoms with Gasteiger partial charge in [0, 0.05) is 44.9 Å². The van der Waals surface area contributed by atoms with E-state index in [9.17, 15) is 14.4 Å². The van der Waals surface area contributed by atoms with Crippen LogP contribution in [0.2, 0.25) is 0 Å². The van der Waals surface area contributed by atoms with Crippen LogP contribution in [0.15, 0.2) is 48.7 Å². The Morgan fingerprint density at radius 3 is 2.76 bits per heavy atom. The predicted molar refractivity (Wildman–Crippen MR) is 123 cm³/mol. The SMILES string of the molecule is CNC(=O)[C@]1(c2ccccn2)CCCN(C(=O)c2cccc(OCCN3CCCC3=O)c2)C1. The molecule has 33 heavy (non-hydrogen) atoms. The first-order chi connectivity index (χ1) is 16.0. The molecule has 3 heterocycles. The fourth-order valence-electron chi connectivity index (χ4n) is 4.74. The molecular formula is C25H30N4O4. The zero-order chi connectivity index (χ0) is 23.3. The quantitative estimate of drug-likeness (QED) is 0.697. The van der Waals surface area contributed by atoms with Crippen molar-refractivity contribution in [1.82, 2.24) is 20.1 Å². The Morgan fingerprint density at radius 2 is 2.03 bits per heavy atom. The maximum atomic E-state index is 13.4. The minimum absolute atomic E-state index is 0.132. The predicted octanol–water partition coefficient (Wildman–Crippen LogP) is 2.00. The number of nitrogens with zero attached hydrogens (tertiary/aromatic N) is 3. The van der Waals surface area contributed by atoms with Crippen molar-refractivity contribution < 1.29 is 19.1 Å². The number of rotatable bonds is 7. The monoisotopic (exact) mass is 450 g/mol. The molecule has 2 saturated heterocycles. The lowest BCUT2D eigenvalue weighted by molar-refractivity contribution is -0.128. The second-order valence-corrected chi connectivity index (χ2v) is 8.57. The number of hydrogen-bond donors (Lipinski definition) is 1. The van der Waals surface area contributed by atoms with Gasteiger partial charge >= 0.3 is 0 Å². The summed E-state index contributed by atoms with van der Waals surface area (Å²) in [5.41, 5.74) is 0.314. The molecule has 1 aromatic carbocycles. The number of ether oxygens (including phenoxy) is 1. The fourth-order valence-corrected chi connectivity index (χ4v) is 4.74. The molecule has 4 rings (SSSR count). The normalized spacial score (nSPS) is 20.6. The van der Waals surface area contributed by atoms with Gasteiger partial charge in [0.05, 0.1) is 12.2 Å². The van der Waals surface area contributed by atoms with Gasteiger partial charge < -0.3 is 19.9 Å². The van der Waals surface area contributed by atoms with E-state index in [-0.39, 0.29) is 24.3 Å². The molecule has 8 heteroatoms. The van der Waals surface area contributed by atoms with E-state index in [1.807, 2.05) is 24.3 Å². The first kappa shape index (κ1) is 22.8. The Labute approximate surface area is 193 Å². The number of pyridine rings is 1. The Kier molecular flexibility index (Phi) is 6.91. The van der Waals surface area contributed by atoms with Gasteiger partial charge in [0.15, 0.2) is 0 Å². The standard InChI is InChI=1S/C25H30N4O4/c1-26-24(32)25(21-9-2-3-12-27-21)11-6-14-29(18-25)23(31)19-7-4-8-20(17-19)33-16-15-28-13-5-10-22(28)30/h2-4,7-9,12,17H,5-6,10-11,13-16,18H2,1H3,(H,26,32)/t25-/m1/s1. The number of amides is 3. The Morgan fingerprint density at radius 1 is 1.15 bits per heavy atom. The zero-order valence-electron chi connectivity index (χ0n) is 19.0. The van der Waals surface area contributed by atoms with Crippen LogP contribution in [0.5, 0.6) is 5.75 Å². The van der Waals surface area contributed by atoms with Crippen molar-refractivity contribution in [2.45, 2.75) is 31.1 Å². The molecule has 2 aliphatic rings. The van der Waals surface area contributed by atoms with E-state index in [1.165, 1.54) is 0 Å². The molecule has 0 bridgehead atoms. The van der Waals surface area contributed by atoms with E-state index in [0.717, 1.165) is 13.0 Å². The molecule has 1 N–H and O–H groups in total. The summed E-state index contributed by atoms with van der Waals surface area (Å²) in [5.74, 6) is 0.484. The van der Waals surface area contributed by atoms with E-state index in [1.54, 1.807) is 41.2 Å². The van der Waals surface area contributed by atoms with Gasteiger partial charge in [0.25, 0.3) is 5.91 Å². The number of carbonyl (C=O) groups is 3. The minimum Gasteiger partial charge on any atom is -0.492 e. The molecule has 0 aliphatic carbocycles. The summed E-state index contributed by atoms with van der Waals surface area (Å²) in [7, 11) is 1.62. The van der Waals surface area contributed by atoms with Gasteiger partial charge in [-0.3, -0.25) is 19.4 Å². The summed E-state index contributed by atoms with van der Waals surface area (Å²) in [6.07, 6.45) is 4.52. The maximum Gasteiger partial charge on any atom is 0.254 e. The van der Waals surface area contributed by atoms with Crippen LogP contribution in [-0.2, 0) is 15.0 Å². The van der Waals surface area contributed by atoms with Crippen LogP contribution in [0.4, 0.5) is 0 Å². The highest BCUT2D eigenvalue weighted by atomic mass is 16.5. The number of piperidine rings is 1. The van der Waals surface area contributed by atoms with E-state index >= 15 is 0 Å². The molecule has 1 aromatic heterocycles. The molecule has 2 fully saturated rings. The van der Waals surface area contributed by atoms with Crippen LogP contribution in [0, 0.1) is 0 Å². The molecule has 0 saturated carbocycles. The van der Waals surface area contributed by atoms with Crippen LogP contribution in [0.3, 0.4) is 0 Å². The Hall–Kier alpha value is -3.42. The van der Waals surface area contributed by atoms with Crippen LogP contribution >= 0.6 is 0 Å². The maximum absolute atomic E-state index is 13.4. The Bertz CT molecular complexity index is 1010. The Balaban J connectivity index is 1.46. The molecule has 174 valence electrons. The topological polar surface area (TPSA) is 91.8 Å². The van der Waals surface area contributed by atoms with Crippen LogP contribution in [0.1, 0.15) is 41.7 Å². The van der Waals surface area contributed by atoms with Gasteiger partial charge in [-0.2, -0.15) is 0 Å². The molecular weight excluding hydrogens is 420 g/mol. The first-order valence-electron chi connectivity index (χ1n) is 11.5. The number of likely N-dealkylation sites (tertiary alicyclic amines) is 2. The molecule has 2 aromatic rings. The molecule has 0 spiro atoms. The molecule has 0 radical (unpaired) electrons. The lowest BCUT2D eigenvalue weighted by Gasteiger charge is -2.41. The van der Waals surface area contributed by atoms with Gasteiger partial charge in [0.1, 0.15) is 17.8 Å². The second kappa shape index (κ2) is 10.0. The van der Waals surface area contributed by atoms with Gasteiger partial charge in [-0.1, -0.05) is 12.1 Å². The van der Waals surface area contributed by atoms with Crippen molar-refractivity contribution >= 4 is 17.7 Å². The number of aromatic nitrogens is 1. The van der Waals surface area contributed by atoms with Gasteiger partial charge in [0.2, 0.25) is 11.8 Å². The third-order valence-electron chi connectivity index (χ3n) is 6.48. The molecule has 3 amide bonds. The number of likely N-dealkylation sites (N-methyl/N-ethyl adjacent to an activating group) is 1. The fraction of sp³-hybridized carbons (Fsp3) is 0.440. The largest absolute Gasteiger partial charge is 0.492 e. The van der Waals surface area contributed by atoms with Crippen molar-refractivity contribution in [3.05, 3.63) is 59.9 Å². The summed E-state index contributed by atoms with van der Waals surface area (Å²) < 4.78 is 5.82. The molecule has 1 atom stereocenters. The highest BCUT2D eigenvalue weighted by molar-refractivity contribution is 5.96. The minimum atomic E-state index is -0.875. The number of nitrogens with one attached hydrogen (secondary N) is 1. The van der Waals surface area contributed by atoms with Crippen LogP contribution in [-0.4, -0.2) is 72.3 Å². The third-order valence-corrected chi connectivity index (χ3v) is 6.48. The summed E-state index contributed by atoms with van der Waals surface area (Å²) in [6.45, 7) is 2.55. The van der Waals surface area contributed by atoms with Crippen molar-refractivity contribution in [3.63, 3.8) is 0 Å². The van der Waals surface area contributed by atoms with Crippen LogP contribution in [0.25, 0.3) is 0 Å². The van der Waals surface area contributed by atoms with E-state index < -0.39 is 5.41 Å². The zero-order valence-corrected chi connectivity index (χ0v) is 19.0. The lowest BCUT2D eigenvalue weighted by atomic mass is 9.75. The van der Waals surface area contributed by atoms with Gasteiger partial charge in [-0.05, 0) is 49.6 Å². The summed E-state index contributed by atoms with van der Waals surface area (Å²) in [6, 6.07) is 12.6. The van der Waals surface area contributed by atoms with Crippen molar-refractivity contribution in [1.29, 1.82) is 0 Å². The van der Waals surface area contributed by atoms with Crippen LogP contribution < -0.4 is 10.1 Å². The summed E-state index contributed by atoms with van der Waals surface area (Å²) in [5, 5.41) is 2.77. The van der Waals surface area contributed by atoms with E-state index in [0.29, 0.717) is 56.0 Å². The van der Waals surface area contributed by atoms with Crippen molar-refractivity contribution in [2.24, 2.45) is 0 Å². The highest BCUT2D eigenvalue weighted by Gasteiger charge is 2.45. The smallest absolute Gasteiger partial charge is 0.254 e. The summed E-state index contributed by atoms with van der Waals surface area (Å²) in [4.78, 5) is 46.1. The average molecular weight is 451 g/mol. The highest BCUT2D eigenvalue weighted by Crippen LogP contribution is 2.34. The first-order valence-corrected chi connectivity index (χ1v) is 11.5. The van der Waals surface area contributed by atoms with Crippen molar-refractivity contribution in [3.8, 4) is 5.75 Å². The lowest BCUT2D eigenvalue weighted by Crippen LogP contribution is -2.56. The second-order valence-electron chi connectivity index (χ2n) is 8.57. The third kappa shape index (κ3) is 4.84. The average Bonchev–Trinajstić information content (AvgIpc) is 3.28. The van der Waals surface area contributed by atoms with Gasteiger partial charge in [-0.25, -0.2) is 0 Å². The van der Waals surface area contributed by atoms with Crippen molar-refractivity contribution in [2.75, 3.05) is 39.8 Å². The number of carbonyl (C=O) groups excluding carboxylic acids is 3. The molecule has 8 nitrogen and oxygen atoms in total. The van der Waals surface area contributed by atoms with E-state index in [4.69, 9.17) is 4.74 Å². The number of hydrogen-bond acceptors (Lipinski definition) is 5. The molecule has 2 aliphatic heterocycles.